The highest BCUT2D eigenvalue weighted by atomic mass is 15.5. The van der Waals surface area contributed by atoms with E-state index in [1.54, 1.807) is 4.80 Å². The van der Waals surface area contributed by atoms with Crippen molar-refractivity contribution in [3.8, 4) is 11.8 Å². The molecule has 0 radical (unpaired) electrons. The lowest BCUT2D eigenvalue weighted by atomic mass is 10.00. The Hall–Kier alpha value is -2.35. The van der Waals surface area contributed by atoms with Gasteiger partial charge in [0, 0.05) is 12.6 Å². The highest BCUT2D eigenvalue weighted by molar-refractivity contribution is 5.52. The Morgan fingerprint density at radius 2 is 2.09 bits per heavy atom. The molecule has 3 rings (SSSR count). The van der Waals surface area contributed by atoms with E-state index in [2.05, 4.69) is 28.1 Å². The van der Waals surface area contributed by atoms with Crippen LogP contribution in [0, 0.1) is 18.3 Å². The van der Waals surface area contributed by atoms with Crippen molar-refractivity contribution in [1.82, 2.24) is 15.0 Å². The second-order valence-electron chi connectivity index (χ2n) is 5.81. The minimum Gasteiger partial charge on any atom is -0.350 e. The van der Waals surface area contributed by atoms with Crippen LogP contribution in [0.2, 0.25) is 0 Å². The fourth-order valence-corrected chi connectivity index (χ4v) is 3.16. The monoisotopic (exact) mass is 295 g/mol. The molecule has 0 amide bonds. The molecule has 22 heavy (non-hydrogen) atoms. The third kappa shape index (κ3) is 2.57. The fraction of sp³-hybridized carbons (Fsp3) is 0.471. The van der Waals surface area contributed by atoms with E-state index in [-0.39, 0.29) is 0 Å². The number of hydrogen-bond donors (Lipinski definition) is 0. The van der Waals surface area contributed by atoms with E-state index >= 15 is 0 Å². The van der Waals surface area contributed by atoms with Gasteiger partial charge in [0.05, 0.1) is 5.69 Å². The first kappa shape index (κ1) is 14.6. The lowest BCUT2D eigenvalue weighted by Crippen LogP contribution is -2.39. The first-order valence-electron chi connectivity index (χ1n) is 7.94. The number of aryl methyl sites for hydroxylation is 1. The summed E-state index contributed by atoms with van der Waals surface area (Å²) in [6.07, 6.45) is 4.64. The van der Waals surface area contributed by atoms with Crippen LogP contribution in [0.25, 0.3) is 5.69 Å². The van der Waals surface area contributed by atoms with E-state index in [9.17, 15) is 5.26 Å². The van der Waals surface area contributed by atoms with E-state index in [1.807, 2.05) is 31.2 Å². The average Bonchev–Trinajstić information content (AvgIpc) is 2.99. The summed E-state index contributed by atoms with van der Waals surface area (Å²) in [5, 5.41) is 18.5. The van der Waals surface area contributed by atoms with E-state index in [0.29, 0.717) is 11.7 Å². The van der Waals surface area contributed by atoms with Gasteiger partial charge in [0.15, 0.2) is 5.82 Å². The molecule has 0 aliphatic carbocycles. The highest BCUT2D eigenvalue weighted by Crippen LogP contribution is 2.27. The Morgan fingerprint density at radius 3 is 2.82 bits per heavy atom. The molecule has 2 heterocycles. The quantitative estimate of drug-likeness (QED) is 0.872. The van der Waals surface area contributed by atoms with Crippen molar-refractivity contribution in [1.29, 1.82) is 5.26 Å². The van der Waals surface area contributed by atoms with Crippen LogP contribution in [0.3, 0.4) is 0 Å². The zero-order valence-electron chi connectivity index (χ0n) is 13.2. The normalized spacial score (nSPS) is 18.2. The van der Waals surface area contributed by atoms with Gasteiger partial charge in [0.1, 0.15) is 6.07 Å². The molecule has 1 unspecified atom stereocenters. The van der Waals surface area contributed by atoms with Gasteiger partial charge in [-0.3, -0.25) is 0 Å². The minimum absolute atomic E-state index is 0.420. The summed E-state index contributed by atoms with van der Waals surface area (Å²) in [6.45, 7) is 5.18. The number of aromatic nitrogens is 3. The number of nitriles is 1. The number of piperidine rings is 1. The third-order valence-corrected chi connectivity index (χ3v) is 4.40. The van der Waals surface area contributed by atoms with Gasteiger partial charge in [-0.1, -0.05) is 25.1 Å². The molecule has 5 nitrogen and oxygen atoms in total. The molecule has 1 aromatic heterocycles. The maximum Gasteiger partial charge on any atom is 0.207 e. The van der Waals surface area contributed by atoms with Gasteiger partial charge in [-0.25, -0.2) is 0 Å². The molecule has 1 aromatic carbocycles. The zero-order chi connectivity index (χ0) is 15.5. The summed E-state index contributed by atoms with van der Waals surface area (Å²) in [4.78, 5) is 3.87. The second-order valence-corrected chi connectivity index (χ2v) is 5.81. The topological polar surface area (TPSA) is 57.7 Å². The Morgan fingerprint density at radius 1 is 1.27 bits per heavy atom. The molecule has 1 saturated heterocycles. The van der Waals surface area contributed by atoms with Gasteiger partial charge in [-0.15, -0.1) is 15.0 Å². The van der Waals surface area contributed by atoms with Gasteiger partial charge in [-0.05, 0) is 44.2 Å². The lowest BCUT2D eigenvalue weighted by molar-refractivity contribution is 0.446. The van der Waals surface area contributed by atoms with Crippen LogP contribution in [0.4, 0.5) is 5.82 Å². The second kappa shape index (κ2) is 6.18. The van der Waals surface area contributed by atoms with Crippen molar-refractivity contribution in [3.05, 3.63) is 35.5 Å². The molecular formula is C17H21N5. The Kier molecular flexibility index (Phi) is 4.10. The highest BCUT2D eigenvalue weighted by Gasteiger charge is 2.27. The van der Waals surface area contributed by atoms with E-state index in [4.69, 9.17) is 0 Å². The van der Waals surface area contributed by atoms with Crippen molar-refractivity contribution in [3.63, 3.8) is 0 Å². The fourth-order valence-electron chi connectivity index (χ4n) is 3.16. The third-order valence-electron chi connectivity index (χ3n) is 4.40. The first-order valence-corrected chi connectivity index (χ1v) is 7.94. The van der Waals surface area contributed by atoms with E-state index < -0.39 is 0 Å². The van der Waals surface area contributed by atoms with Gasteiger partial charge in [0.25, 0.3) is 0 Å². The van der Waals surface area contributed by atoms with Crippen LogP contribution < -0.4 is 4.90 Å². The number of rotatable bonds is 3. The average molecular weight is 295 g/mol. The largest absolute Gasteiger partial charge is 0.350 e. The molecule has 0 spiro atoms. The number of anilines is 1. The summed E-state index contributed by atoms with van der Waals surface area (Å²) >= 11 is 0. The summed E-state index contributed by atoms with van der Waals surface area (Å²) < 4.78 is 0. The first-order chi connectivity index (χ1) is 10.7. The molecule has 1 atom stereocenters. The smallest absolute Gasteiger partial charge is 0.207 e. The lowest BCUT2D eigenvalue weighted by Gasteiger charge is -2.35. The number of para-hydroxylation sites is 1. The molecule has 0 bridgehead atoms. The number of nitrogens with zero attached hydrogens (tertiary/aromatic N) is 5. The van der Waals surface area contributed by atoms with Crippen molar-refractivity contribution >= 4 is 5.82 Å². The van der Waals surface area contributed by atoms with Gasteiger partial charge in [0.2, 0.25) is 5.69 Å². The van der Waals surface area contributed by atoms with Crippen LogP contribution in [0.15, 0.2) is 24.3 Å². The summed E-state index contributed by atoms with van der Waals surface area (Å²) in [5.41, 5.74) is 2.44. The molecule has 2 aromatic rings. The standard InChI is InChI=1S/C17H21N5/c1-3-14-9-6-7-11-21(14)17-15(12-18)19-22(20-17)16-10-5-4-8-13(16)2/h4-5,8,10,14H,3,6-7,9,11H2,1-2H3. The maximum absolute atomic E-state index is 9.45. The zero-order valence-corrected chi connectivity index (χ0v) is 13.2. The van der Waals surface area contributed by atoms with Crippen LogP contribution in [-0.4, -0.2) is 27.6 Å². The van der Waals surface area contributed by atoms with Gasteiger partial charge >= 0.3 is 0 Å². The SMILES string of the molecule is CCC1CCCCN1c1nn(-c2ccccc2C)nc1C#N. The number of benzene rings is 1. The predicted molar refractivity (Wildman–Crippen MR) is 86.1 cm³/mol. The van der Waals surface area contributed by atoms with Crippen molar-refractivity contribution in [2.75, 3.05) is 11.4 Å². The molecule has 1 aliphatic heterocycles. The molecule has 1 fully saturated rings. The number of hydrogen-bond acceptors (Lipinski definition) is 4. The molecule has 0 saturated carbocycles. The maximum atomic E-state index is 9.45. The van der Waals surface area contributed by atoms with Crippen molar-refractivity contribution in [2.45, 2.75) is 45.6 Å². The van der Waals surface area contributed by atoms with Crippen LogP contribution in [0.5, 0.6) is 0 Å². The summed E-state index contributed by atoms with van der Waals surface area (Å²) in [6, 6.07) is 10.6. The molecule has 5 heteroatoms. The Balaban J connectivity index is 2.02. The van der Waals surface area contributed by atoms with Crippen LogP contribution in [0.1, 0.15) is 43.9 Å². The van der Waals surface area contributed by atoms with Crippen LogP contribution in [-0.2, 0) is 0 Å². The van der Waals surface area contributed by atoms with Gasteiger partial charge in [-0.2, -0.15) is 5.26 Å². The van der Waals surface area contributed by atoms with E-state index in [0.717, 1.165) is 36.5 Å². The van der Waals surface area contributed by atoms with Crippen LogP contribution >= 0.6 is 0 Å². The molecule has 1 aliphatic rings. The molecule has 114 valence electrons. The molecular weight excluding hydrogens is 274 g/mol. The predicted octanol–water partition coefficient (Wildman–Crippen LogP) is 3.22. The summed E-state index contributed by atoms with van der Waals surface area (Å²) in [7, 11) is 0. The van der Waals surface area contributed by atoms with Crippen molar-refractivity contribution < 1.29 is 0 Å². The van der Waals surface area contributed by atoms with E-state index in [1.165, 1.54) is 12.8 Å². The Labute approximate surface area is 131 Å². The molecule has 0 N–H and O–H groups in total. The van der Waals surface area contributed by atoms with Gasteiger partial charge < -0.3 is 4.90 Å². The summed E-state index contributed by atoms with van der Waals surface area (Å²) in [5.74, 6) is 0.734. The van der Waals surface area contributed by atoms with Crippen molar-refractivity contribution in [2.24, 2.45) is 0 Å². The minimum atomic E-state index is 0.420. The Bertz CT molecular complexity index is 697.